The van der Waals surface area contributed by atoms with Crippen molar-refractivity contribution in [1.29, 1.82) is 0 Å². The van der Waals surface area contributed by atoms with Gasteiger partial charge in [0, 0.05) is 0 Å². The lowest BCUT2D eigenvalue weighted by Crippen LogP contribution is -2.29. The van der Waals surface area contributed by atoms with E-state index in [-0.39, 0.29) is 12.2 Å². The van der Waals surface area contributed by atoms with Crippen molar-refractivity contribution in [2.24, 2.45) is 0 Å². The highest BCUT2D eigenvalue weighted by atomic mass is 16.6. The fourth-order valence-electron chi connectivity index (χ4n) is 4.40. The molecule has 0 aromatic heterocycles. The van der Waals surface area contributed by atoms with E-state index in [2.05, 4.69) is 48.5 Å². The number of hydrogen-bond donors (Lipinski definition) is 2. The average Bonchev–Trinajstić information content (AvgIpc) is 3.38. The fraction of sp³-hybridized carbons (Fsp3) is 0.200. The van der Waals surface area contributed by atoms with Crippen molar-refractivity contribution >= 4 is 32.3 Å². The van der Waals surface area contributed by atoms with Gasteiger partial charge in [-0.3, -0.25) is 0 Å². The molecule has 1 heterocycles. The summed E-state index contributed by atoms with van der Waals surface area (Å²) in [4.78, 5) is 0. The molecular weight excluding hydrogens is 288 g/mol. The second-order valence-corrected chi connectivity index (χ2v) is 6.69. The first-order chi connectivity index (χ1) is 11.2. The van der Waals surface area contributed by atoms with Crippen LogP contribution in [0.4, 0.5) is 0 Å². The molecule has 3 heteroatoms. The van der Waals surface area contributed by atoms with Gasteiger partial charge in [0.2, 0.25) is 0 Å². The highest BCUT2D eigenvalue weighted by Gasteiger charge is 2.54. The molecule has 4 atom stereocenters. The molecule has 0 spiro atoms. The third-order valence-corrected chi connectivity index (χ3v) is 5.51. The minimum absolute atomic E-state index is 0.0784. The molecule has 6 rings (SSSR count). The van der Waals surface area contributed by atoms with Gasteiger partial charge in [0.05, 0.1) is 0 Å². The van der Waals surface area contributed by atoms with Crippen molar-refractivity contribution in [3.05, 3.63) is 59.7 Å². The fourth-order valence-corrected chi connectivity index (χ4v) is 4.40. The van der Waals surface area contributed by atoms with Crippen LogP contribution in [-0.2, 0) is 4.74 Å². The molecule has 4 aromatic rings. The van der Waals surface area contributed by atoms with Gasteiger partial charge in [0.25, 0.3) is 0 Å². The quantitative estimate of drug-likeness (QED) is 0.386. The Balaban J connectivity index is 1.86. The average molecular weight is 302 g/mol. The van der Waals surface area contributed by atoms with Crippen LogP contribution >= 0.6 is 0 Å². The molecule has 0 saturated carbocycles. The maximum absolute atomic E-state index is 10.6. The molecule has 3 nitrogen and oxygen atoms in total. The van der Waals surface area contributed by atoms with Crippen LogP contribution in [0.25, 0.3) is 32.3 Å². The Labute approximate surface area is 132 Å². The zero-order chi connectivity index (χ0) is 15.3. The summed E-state index contributed by atoms with van der Waals surface area (Å²) in [5, 5.41) is 27.9. The van der Waals surface area contributed by atoms with Gasteiger partial charge in [-0.05, 0) is 49.5 Å². The maximum Gasteiger partial charge on any atom is 0.118 e. The first kappa shape index (κ1) is 12.3. The Hall–Kier alpha value is -2.20. The molecule has 23 heavy (non-hydrogen) atoms. The molecule has 0 radical (unpaired) electrons. The molecular formula is C20H14O3. The zero-order valence-electron chi connectivity index (χ0n) is 12.2. The van der Waals surface area contributed by atoms with E-state index in [0.717, 1.165) is 16.5 Å². The van der Waals surface area contributed by atoms with Gasteiger partial charge in [-0.25, -0.2) is 0 Å². The Kier molecular flexibility index (Phi) is 2.03. The van der Waals surface area contributed by atoms with E-state index in [1.807, 2.05) is 0 Å². The minimum atomic E-state index is -0.890. The Bertz CT molecular complexity index is 1080. The van der Waals surface area contributed by atoms with Crippen LogP contribution in [0, 0.1) is 0 Å². The first-order valence-electron chi connectivity index (χ1n) is 7.96. The lowest BCUT2D eigenvalue weighted by Gasteiger charge is -2.26. The van der Waals surface area contributed by atoms with E-state index >= 15 is 0 Å². The number of benzene rings is 4. The summed E-state index contributed by atoms with van der Waals surface area (Å²) < 4.78 is 5.60. The van der Waals surface area contributed by atoms with E-state index < -0.39 is 12.2 Å². The molecule has 1 unspecified atom stereocenters. The zero-order valence-corrected chi connectivity index (χ0v) is 12.2. The monoisotopic (exact) mass is 302 g/mol. The van der Waals surface area contributed by atoms with Gasteiger partial charge in [-0.1, -0.05) is 42.5 Å². The topological polar surface area (TPSA) is 53.0 Å². The van der Waals surface area contributed by atoms with Crippen molar-refractivity contribution in [3.63, 3.8) is 0 Å². The predicted molar refractivity (Wildman–Crippen MR) is 88.7 cm³/mol. The Morgan fingerprint density at radius 1 is 0.826 bits per heavy atom. The maximum atomic E-state index is 10.6. The molecule has 0 bridgehead atoms. The van der Waals surface area contributed by atoms with Crippen molar-refractivity contribution in [2.45, 2.75) is 24.4 Å². The SMILES string of the molecule is O[C@@H]1[C@@H](O)c2c(cc3ccc4cccc5ccc2c3c45)C2O[C@@H]21. The van der Waals surface area contributed by atoms with Crippen molar-refractivity contribution in [1.82, 2.24) is 0 Å². The first-order valence-corrected chi connectivity index (χ1v) is 7.96. The molecule has 2 aliphatic rings. The van der Waals surface area contributed by atoms with Gasteiger partial charge in [-0.15, -0.1) is 0 Å². The molecule has 1 aliphatic heterocycles. The second-order valence-electron chi connectivity index (χ2n) is 6.69. The largest absolute Gasteiger partial charge is 0.387 e. The number of fused-ring (bicyclic) bond motifs is 4. The summed E-state index contributed by atoms with van der Waals surface area (Å²) in [6.07, 6.45) is -2.07. The van der Waals surface area contributed by atoms with Crippen LogP contribution in [0.5, 0.6) is 0 Å². The van der Waals surface area contributed by atoms with Crippen molar-refractivity contribution in [2.75, 3.05) is 0 Å². The van der Waals surface area contributed by atoms with Gasteiger partial charge < -0.3 is 14.9 Å². The van der Waals surface area contributed by atoms with E-state index in [4.69, 9.17) is 4.74 Å². The highest BCUT2D eigenvalue weighted by Crippen LogP contribution is 2.53. The number of rotatable bonds is 0. The smallest absolute Gasteiger partial charge is 0.118 e. The highest BCUT2D eigenvalue weighted by molar-refractivity contribution is 6.23. The molecule has 1 aliphatic carbocycles. The number of epoxide rings is 1. The Morgan fingerprint density at radius 3 is 2.39 bits per heavy atom. The third-order valence-electron chi connectivity index (χ3n) is 5.51. The van der Waals surface area contributed by atoms with Crippen LogP contribution in [0.15, 0.2) is 48.5 Å². The summed E-state index contributed by atoms with van der Waals surface area (Å²) in [6, 6.07) is 16.9. The lowest BCUT2D eigenvalue weighted by atomic mass is 9.81. The Morgan fingerprint density at radius 2 is 1.57 bits per heavy atom. The van der Waals surface area contributed by atoms with E-state index in [1.54, 1.807) is 0 Å². The van der Waals surface area contributed by atoms with E-state index in [1.165, 1.54) is 26.9 Å². The minimum Gasteiger partial charge on any atom is -0.387 e. The number of aliphatic hydroxyl groups excluding tert-OH is 2. The van der Waals surface area contributed by atoms with E-state index in [0.29, 0.717) is 0 Å². The molecule has 1 fully saturated rings. The van der Waals surface area contributed by atoms with Gasteiger partial charge in [0.15, 0.2) is 0 Å². The van der Waals surface area contributed by atoms with Crippen LogP contribution in [0.1, 0.15) is 23.3 Å². The van der Waals surface area contributed by atoms with Gasteiger partial charge in [0.1, 0.15) is 24.4 Å². The van der Waals surface area contributed by atoms with Crippen LogP contribution in [0.3, 0.4) is 0 Å². The molecule has 2 N–H and O–H groups in total. The third kappa shape index (κ3) is 1.36. The standard InChI is InChI=1S/C20H14O3/c21-17-16-12-7-6-10-3-1-2-9-4-5-11(15(12)14(9)10)8-13(16)19-20(23-19)18(17)22/h1-8,17-22H/t17-,18+,19?,20+/m0/s1. The summed E-state index contributed by atoms with van der Waals surface area (Å²) in [7, 11) is 0. The van der Waals surface area contributed by atoms with Gasteiger partial charge in [-0.2, -0.15) is 0 Å². The number of hydrogen-bond acceptors (Lipinski definition) is 3. The molecule has 0 amide bonds. The number of aliphatic hydroxyl groups is 2. The van der Waals surface area contributed by atoms with E-state index in [9.17, 15) is 10.2 Å². The van der Waals surface area contributed by atoms with Crippen LogP contribution in [0.2, 0.25) is 0 Å². The van der Waals surface area contributed by atoms with Crippen molar-refractivity contribution in [3.8, 4) is 0 Å². The lowest BCUT2D eigenvalue weighted by molar-refractivity contribution is 0.000843. The molecule has 112 valence electrons. The molecule has 4 aromatic carbocycles. The summed E-state index contributed by atoms with van der Waals surface area (Å²) >= 11 is 0. The van der Waals surface area contributed by atoms with Gasteiger partial charge >= 0.3 is 0 Å². The summed E-state index contributed by atoms with van der Waals surface area (Å²) in [5.41, 5.74) is 1.86. The summed E-state index contributed by atoms with van der Waals surface area (Å²) in [6.45, 7) is 0. The van der Waals surface area contributed by atoms with Crippen LogP contribution < -0.4 is 0 Å². The predicted octanol–water partition coefficient (Wildman–Crippen LogP) is 3.43. The second kappa shape index (κ2) is 3.82. The normalized spacial score (nSPS) is 29.1. The molecule has 1 saturated heterocycles. The van der Waals surface area contributed by atoms with Crippen LogP contribution in [-0.4, -0.2) is 22.4 Å². The summed E-state index contributed by atoms with van der Waals surface area (Å²) in [5.74, 6) is 0. The number of ether oxygens (including phenoxy) is 1. The van der Waals surface area contributed by atoms with Crippen molar-refractivity contribution < 1.29 is 14.9 Å².